The maximum Gasteiger partial charge on any atom is 0.246 e. The summed E-state index contributed by atoms with van der Waals surface area (Å²) < 4.78 is 29.8. The first-order valence-corrected chi connectivity index (χ1v) is 16.9. The monoisotopic (exact) mass is 651 g/mol. The lowest BCUT2D eigenvalue weighted by Crippen LogP contribution is -2.73. The number of hydrogen-bond donors (Lipinski definition) is 2. The molecule has 246 valence electrons. The second-order valence-electron chi connectivity index (χ2n) is 12.7. The van der Waals surface area contributed by atoms with Gasteiger partial charge in [-0.3, -0.25) is 14.5 Å². The highest BCUT2D eigenvalue weighted by Gasteiger charge is 2.53. The van der Waals surface area contributed by atoms with Crippen LogP contribution in [0.15, 0.2) is 29.2 Å². The molecular weight excluding hydrogens is 602 g/mol. The molecule has 1 spiro atoms. The molecule has 4 rings (SSSR count). The van der Waals surface area contributed by atoms with Gasteiger partial charge in [-0.1, -0.05) is 20.8 Å². The minimum absolute atomic E-state index is 0. The van der Waals surface area contributed by atoms with Gasteiger partial charge >= 0.3 is 0 Å². The Bertz CT molecular complexity index is 1400. The fourth-order valence-corrected chi connectivity index (χ4v) is 7.29. The topological polar surface area (TPSA) is 120 Å². The Labute approximate surface area is 269 Å². The van der Waals surface area contributed by atoms with Crippen LogP contribution in [0.2, 0.25) is 0 Å². The van der Waals surface area contributed by atoms with Crippen molar-refractivity contribution >= 4 is 34.2 Å². The zero-order valence-corrected chi connectivity index (χ0v) is 28.9. The Morgan fingerprint density at radius 2 is 1.75 bits per heavy atom. The van der Waals surface area contributed by atoms with Crippen LogP contribution in [0.4, 0.5) is 0 Å². The Hall–Kier alpha value is -2.51. The van der Waals surface area contributed by atoms with Crippen LogP contribution in [0.25, 0.3) is 5.69 Å². The van der Waals surface area contributed by atoms with Crippen LogP contribution < -0.4 is 10.0 Å². The summed E-state index contributed by atoms with van der Waals surface area (Å²) in [5.41, 5.74) is 3.03. The summed E-state index contributed by atoms with van der Waals surface area (Å²) in [4.78, 5) is 33.3. The first-order chi connectivity index (χ1) is 20.3. The predicted molar refractivity (Wildman–Crippen MR) is 175 cm³/mol. The van der Waals surface area contributed by atoms with E-state index in [1.807, 2.05) is 42.4 Å². The van der Waals surface area contributed by atoms with Gasteiger partial charge in [-0.25, -0.2) is 17.8 Å². The summed E-state index contributed by atoms with van der Waals surface area (Å²) in [6.07, 6.45) is 2.67. The molecule has 2 aliphatic rings. The quantitative estimate of drug-likeness (QED) is 0.362. The molecule has 0 aliphatic carbocycles. The first kappa shape index (κ1) is 36.0. The largest absolute Gasteiger partial charge is 0.342 e. The lowest BCUT2D eigenvalue weighted by molar-refractivity contribution is -0.161. The molecule has 1 aromatic carbocycles. The van der Waals surface area contributed by atoms with Crippen molar-refractivity contribution in [1.82, 2.24) is 34.5 Å². The van der Waals surface area contributed by atoms with Crippen molar-refractivity contribution in [3.63, 3.8) is 0 Å². The number of carbonyl (C=O) groups is 2. The molecule has 3 heterocycles. The molecule has 0 radical (unpaired) electrons. The third-order valence-electron chi connectivity index (χ3n) is 8.71. The summed E-state index contributed by atoms with van der Waals surface area (Å²) in [5, 5.41) is 7.86. The summed E-state index contributed by atoms with van der Waals surface area (Å²) in [7, 11) is 0.206. The average Bonchev–Trinajstić information content (AvgIpc) is 3.23. The van der Waals surface area contributed by atoms with Crippen molar-refractivity contribution in [2.24, 2.45) is 5.92 Å². The minimum Gasteiger partial charge on any atom is -0.342 e. The van der Waals surface area contributed by atoms with Gasteiger partial charge in [0.15, 0.2) is 0 Å². The standard InChI is InChI=1S/C31H49N7O4S.ClH/c1-8-16-37-29(39)28(20-22(2)3)33-30(40)31(37)13-17-36(18-14-31)21-27-23(4)34-38(24(27)5)25-9-11-26(12-10-25)43(41,42)32-15-19-35(6)7;/h9-12,22,28,32H,8,13-21H2,1-7H3,(H,33,40);1H/t28-;/m0./s1. The number of likely N-dealkylation sites (N-methyl/N-ethyl adjacent to an activating group) is 1. The van der Waals surface area contributed by atoms with Gasteiger partial charge in [0.1, 0.15) is 11.6 Å². The van der Waals surface area contributed by atoms with E-state index in [2.05, 4.69) is 35.7 Å². The van der Waals surface area contributed by atoms with Crippen molar-refractivity contribution in [3.05, 3.63) is 41.2 Å². The molecule has 0 saturated carbocycles. The lowest BCUT2D eigenvalue weighted by atomic mass is 9.80. The minimum atomic E-state index is -3.59. The Kier molecular flexibility index (Phi) is 12.0. The maximum atomic E-state index is 13.5. The van der Waals surface area contributed by atoms with Gasteiger partial charge in [0.25, 0.3) is 0 Å². The second-order valence-corrected chi connectivity index (χ2v) is 14.5. The molecule has 13 heteroatoms. The van der Waals surface area contributed by atoms with Gasteiger partial charge in [0.05, 0.1) is 16.3 Å². The van der Waals surface area contributed by atoms with Crippen molar-refractivity contribution in [2.75, 3.05) is 46.8 Å². The number of piperazine rings is 1. The van der Waals surface area contributed by atoms with E-state index in [9.17, 15) is 18.0 Å². The number of aromatic nitrogens is 2. The fourth-order valence-electron chi connectivity index (χ4n) is 6.27. The molecule has 0 bridgehead atoms. The van der Waals surface area contributed by atoms with Crippen molar-refractivity contribution in [1.29, 1.82) is 0 Å². The van der Waals surface area contributed by atoms with Crippen molar-refractivity contribution < 1.29 is 18.0 Å². The summed E-state index contributed by atoms with van der Waals surface area (Å²) >= 11 is 0. The highest BCUT2D eigenvalue weighted by atomic mass is 35.5. The van der Waals surface area contributed by atoms with E-state index in [-0.39, 0.29) is 29.1 Å². The number of likely N-dealkylation sites (tertiary alicyclic amines) is 1. The molecule has 11 nitrogen and oxygen atoms in total. The van der Waals surface area contributed by atoms with Gasteiger partial charge in [0.2, 0.25) is 21.8 Å². The molecule has 2 amide bonds. The second kappa shape index (κ2) is 14.7. The number of amides is 2. The molecule has 2 aliphatic heterocycles. The number of rotatable bonds is 12. The van der Waals surface area contributed by atoms with Gasteiger partial charge in [-0.15, -0.1) is 12.4 Å². The summed E-state index contributed by atoms with van der Waals surface area (Å²) in [6.45, 7) is 13.9. The highest BCUT2D eigenvalue weighted by Crippen LogP contribution is 2.35. The summed E-state index contributed by atoms with van der Waals surface area (Å²) in [6, 6.07) is 6.34. The van der Waals surface area contributed by atoms with Gasteiger partial charge in [-0.05, 0) is 83.8 Å². The van der Waals surface area contributed by atoms with E-state index in [4.69, 9.17) is 5.10 Å². The van der Waals surface area contributed by atoms with Crippen LogP contribution in [0, 0.1) is 19.8 Å². The van der Waals surface area contributed by atoms with Gasteiger partial charge < -0.3 is 15.1 Å². The van der Waals surface area contributed by atoms with Crippen LogP contribution in [0.5, 0.6) is 0 Å². The number of sulfonamides is 1. The fraction of sp³-hybridized carbons (Fsp3) is 0.645. The van der Waals surface area contributed by atoms with Crippen LogP contribution in [-0.2, 0) is 26.2 Å². The van der Waals surface area contributed by atoms with E-state index >= 15 is 0 Å². The smallest absolute Gasteiger partial charge is 0.246 e. The van der Waals surface area contributed by atoms with Crippen LogP contribution in [0.1, 0.15) is 63.4 Å². The average molecular weight is 652 g/mol. The number of nitrogens with zero attached hydrogens (tertiary/aromatic N) is 5. The van der Waals surface area contributed by atoms with Gasteiger partial charge in [-0.2, -0.15) is 5.10 Å². The molecule has 1 aromatic heterocycles. The third kappa shape index (κ3) is 7.64. The number of hydrogen-bond acceptors (Lipinski definition) is 7. The molecule has 1 atom stereocenters. The zero-order chi connectivity index (χ0) is 31.5. The number of piperidine rings is 1. The van der Waals surface area contributed by atoms with E-state index in [0.29, 0.717) is 64.4 Å². The van der Waals surface area contributed by atoms with E-state index < -0.39 is 21.6 Å². The molecule has 44 heavy (non-hydrogen) atoms. The van der Waals surface area contributed by atoms with E-state index in [1.54, 1.807) is 24.3 Å². The zero-order valence-electron chi connectivity index (χ0n) is 27.2. The summed E-state index contributed by atoms with van der Waals surface area (Å²) in [5.74, 6) is 0.367. The van der Waals surface area contributed by atoms with Crippen molar-refractivity contribution in [2.45, 2.75) is 83.3 Å². The predicted octanol–water partition coefficient (Wildman–Crippen LogP) is 2.87. The Morgan fingerprint density at radius 3 is 2.32 bits per heavy atom. The number of benzene rings is 1. The maximum absolute atomic E-state index is 13.5. The molecule has 2 saturated heterocycles. The van der Waals surface area contributed by atoms with Crippen molar-refractivity contribution in [3.8, 4) is 5.69 Å². The highest BCUT2D eigenvalue weighted by molar-refractivity contribution is 7.89. The Morgan fingerprint density at radius 1 is 1.11 bits per heavy atom. The van der Waals surface area contributed by atoms with Gasteiger partial charge in [0, 0.05) is 50.5 Å². The number of halogens is 1. The molecular formula is C31H50ClN7O4S. The van der Waals surface area contributed by atoms with E-state index in [0.717, 1.165) is 29.1 Å². The first-order valence-electron chi connectivity index (χ1n) is 15.4. The Balaban J connectivity index is 0.00000529. The molecule has 2 N–H and O–H groups in total. The molecule has 0 unspecified atom stereocenters. The SMILES string of the molecule is CCCN1C(=O)[C@H](CC(C)C)NC(=O)C12CCN(Cc1c(C)nn(-c3ccc(S(=O)(=O)NCCN(C)C)cc3)c1C)CC2.Cl. The lowest BCUT2D eigenvalue weighted by Gasteiger charge is -2.52. The van der Waals surface area contributed by atoms with Crippen LogP contribution in [-0.4, -0.2) is 103 Å². The number of nitrogens with one attached hydrogen (secondary N) is 2. The molecule has 2 fully saturated rings. The number of carbonyl (C=O) groups excluding carboxylic acids is 2. The van der Waals surface area contributed by atoms with E-state index in [1.165, 1.54) is 0 Å². The number of aryl methyl sites for hydroxylation is 1. The third-order valence-corrected chi connectivity index (χ3v) is 10.2. The van der Waals surface area contributed by atoms with Crippen LogP contribution in [0.3, 0.4) is 0 Å². The normalized spacial score (nSPS) is 19.1. The molecule has 2 aromatic rings. The van der Waals surface area contributed by atoms with Crippen LogP contribution >= 0.6 is 12.4 Å².